The molecule has 3 nitrogen and oxygen atoms in total. The number of halogens is 1. The Labute approximate surface area is 133 Å². The molecule has 3 N–H and O–H groups in total. The summed E-state index contributed by atoms with van der Waals surface area (Å²) in [5.41, 5.74) is 7.10. The van der Waals surface area contributed by atoms with Gasteiger partial charge in [-0.25, -0.2) is 0 Å². The van der Waals surface area contributed by atoms with Crippen LogP contribution in [-0.2, 0) is 10.2 Å². The van der Waals surface area contributed by atoms with Crippen LogP contribution in [0.4, 0.5) is 0 Å². The summed E-state index contributed by atoms with van der Waals surface area (Å²) >= 11 is 0. The van der Waals surface area contributed by atoms with E-state index in [1.807, 2.05) is 6.07 Å². The molecule has 1 amide bonds. The number of rotatable bonds is 4. The van der Waals surface area contributed by atoms with Gasteiger partial charge in [0.25, 0.3) is 0 Å². The molecule has 21 heavy (non-hydrogen) atoms. The zero-order valence-electron chi connectivity index (χ0n) is 12.4. The van der Waals surface area contributed by atoms with Gasteiger partial charge in [-0.05, 0) is 31.2 Å². The van der Waals surface area contributed by atoms with Crippen LogP contribution < -0.4 is 11.1 Å². The number of amides is 1. The van der Waals surface area contributed by atoms with E-state index in [4.69, 9.17) is 5.73 Å². The predicted molar refractivity (Wildman–Crippen MR) is 87.6 cm³/mol. The highest BCUT2D eigenvalue weighted by Crippen LogP contribution is 2.43. The number of carbonyl (C=O) groups is 1. The first-order valence-electron chi connectivity index (χ1n) is 7.77. The number of carbonyl (C=O) groups excluding carboxylic acids is 1. The zero-order chi connectivity index (χ0) is 14.1. The van der Waals surface area contributed by atoms with Crippen molar-refractivity contribution >= 4 is 18.3 Å². The van der Waals surface area contributed by atoms with Gasteiger partial charge in [0.15, 0.2) is 0 Å². The van der Waals surface area contributed by atoms with E-state index in [0.29, 0.717) is 0 Å². The van der Waals surface area contributed by atoms with E-state index in [9.17, 15) is 4.79 Å². The largest absolute Gasteiger partial charge is 0.354 e. The standard InChI is InChI=1S/C17H24N2O.ClH/c18-17(11-4-5-12-17)15(20)19-13-16(9-6-10-16)14-7-2-1-3-8-14;/h1-3,7-8H,4-6,9-13,18H2,(H,19,20);1H. The Morgan fingerprint density at radius 2 is 1.67 bits per heavy atom. The Balaban J connectivity index is 0.00000161. The van der Waals surface area contributed by atoms with E-state index in [-0.39, 0.29) is 23.7 Å². The minimum absolute atomic E-state index is 0. The minimum atomic E-state index is -0.609. The van der Waals surface area contributed by atoms with E-state index in [1.165, 1.54) is 12.0 Å². The van der Waals surface area contributed by atoms with Crippen LogP contribution in [0.1, 0.15) is 50.5 Å². The third-order valence-electron chi connectivity index (χ3n) is 5.23. The van der Waals surface area contributed by atoms with Gasteiger partial charge in [-0.15, -0.1) is 12.4 Å². The molecule has 2 saturated carbocycles. The van der Waals surface area contributed by atoms with Crippen molar-refractivity contribution in [2.75, 3.05) is 6.54 Å². The number of hydrogen-bond acceptors (Lipinski definition) is 2. The predicted octanol–water partition coefficient (Wildman–Crippen LogP) is 2.92. The molecule has 0 aromatic heterocycles. The van der Waals surface area contributed by atoms with E-state index in [0.717, 1.165) is 45.1 Å². The third-order valence-corrected chi connectivity index (χ3v) is 5.23. The molecule has 2 aliphatic rings. The molecular formula is C17H25ClN2O. The number of nitrogens with one attached hydrogen (secondary N) is 1. The summed E-state index contributed by atoms with van der Waals surface area (Å²) in [6.45, 7) is 0.731. The summed E-state index contributed by atoms with van der Waals surface area (Å²) in [4.78, 5) is 12.3. The fraction of sp³-hybridized carbons (Fsp3) is 0.588. The van der Waals surface area contributed by atoms with Crippen molar-refractivity contribution in [1.82, 2.24) is 5.32 Å². The molecule has 0 unspecified atom stereocenters. The van der Waals surface area contributed by atoms with Crippen LogP contribution in [-0.4, -0.2) is 18.0 Å². The highest BCUT2D eigenvalue weighted by molar-refractivity contribution is 5.86. The van der Waals surface area contributed by atoms with Gasteiger partial charge in [-0.3, -0.25) is 4.79 Å². The lowest BCUT2D eigenvalue weighted by Crippen LogP contribution is -2.55. The summed E-state index contributed by atoms with van der Waals surface area (Å²) in [5, 5.41) is 3.14. The van der Waals surface area contributed by atoms with Gasteiger partial charge in [0.2, 0.25) is 5.91 Å². The second-order valence-corrected chi connectivity index (χ2v) is 6.55. The van der Waals surface area contributed by atoms with Crippen LogP contribution >= 0.6 is 12.4 Å². The first kappa shape index (κ1) is 16.3. The summed E-state index contributed by atoms with van der Waals surface area (Å²) in [6, 6.07) is 10.6. The van der Waals surface area contributed by atoms with Gasteiger partial charge in [-0.2, -0.15) is 0 Å². The molecule has 2 aliphatic carbocycles. The van der Waals surface area contributed by atoms with Crippen molar-refractivity contribution in [3.8, 4) is 0 Å². The third kappa shape index (κ3) is 3.09. The molecule has 0 radical (unpaired) electrons. The minimum Gasteiger partial charge on any atom is -0.354 e. The highest BCUT2D eigenvalue weighted by atomic mass is 35.5. The summed E-state index contributed by atoms with van der Waals surface area (Å²) in [7, 11) is 0. The van der Waals surface area contributed by atoms with Gasteiger partial charge in [0.05, 0.1) is 5.54 Å². The fourth-order valence-electron chi connectivity index (χ4n) is 3.62. The van der Waals surface area contributed by atoms with Crippen LogP contribution in [0.2, 0.25) is 0 Å². The Hall–Kier alpha value is -1.06. The van der Waals surface area contributed by atoms with E-state index in [2.05, 4.69) is 29.6 Å². The van der Waals surface area contributed by atoms with Crippen LogP contribution in [0.15, 0.2) is 30.3 Å². The molecule has 0 bridgehead atoms. The highest BCUT2D eigenvalue weighted by Gasteiger charge is 2.41. The molecule has 116 valence electrons. The first-order chi connectivity index (χ1) is 9.65. The summed E-state index contributed by atoms with van der Waals surface area (Å²) < 4.78 is 0. The van der Waals surface area contributed by atoms with E-state index < -0.39 is 5.54 Å². The lowest BCUT2D eigenvalue weighted by atomic mass is 9.64. The lowest BCUT2D eigenvalue weighted by molar-refractivity contribution is -0.126. The van der Waals surface area contributed by atoms with E-state index in [1.54, 1.807) is 0 Å². The van der Waals surface area contributed by atoms with Crippen LogP contribution in [0.3, 0.4) is 0 Å². The second-order valence-electron chi connectivity index (χ2n) is 6.55. The monoisotopic (exact) mass is 308 g/mol. The fourth-order valence-corrected chi connectivity index (χ4v) is 3.62. The van der Waals surface area contributed by atoms with Crippen molar-refractivity contribution in [3.63, 3.8) is 0 Å². The van der Waals surface area contributed by atoms with Gasteiger partial charge >= 0.3 is 0 Å². The molecule has 2 fully saturated rings. The summed E-state index contributed by atoms with van der Waals surface area (Å²) in [6.07, 6.45) is 7.39. The SMILES string of the molecule is Cl.NC1(C(=O)NCC2(c3ccccc3)CCC2)CCCC1. The molecule has 0 saturated heterocycles. The lowest BCUT2D eigenvalue weighted by Gasteiger charge is -2.43. The van der Waals surface area contributed by atoms with Gasteiger partial charge in [0.1, 0.15) is 0 Å². The Kier molecular flexibility index (Phi) is 4.95. The second kappa shape index (κ2) is 6.37. The topological polar surface area (TPSA) is 55.1 Å². The van der Waals surface area contributed by atoms with Gasteiger partial charge in [0, 0.05) is 12.0 Å². The van der Waals surface area contributed by atoms with Crippen LogP contribution in [0.5, 0.6) is 0 Å². The van der Waals surface area contributed by atoms with Gasteiger partial charge < -0.3 is 11.1 Å². The van der Waals surface area contributed by atoms with Crippen molar-refractivity contribution in [2.45, 2.75) is 55.9 Å². The first-order valence-corrected chi connectivity index (χ1v) is 7.77. The number of nitrogens with two attached hydrogens (primary N) is 1. The Bertz CT molecular complexity index is 479. The van der Waals surface area contributed by atoms with E-state index >= 15 is 0 Å². The molecule has 1 aromatic rings. The van der Waals surface area contributed by atoms with Crippen molar-refractivity contribution in [2.24, 2.45) is 5.73 Å². The molecule has 0 aliphatic heterocycles. The van der Waals surface area contributed by atoms with Crippen LogP contribution in [0.25, 0.3) is 0 Å². The number of benzene rings is 1. The molecule has 4 heteroatoms. The molecule has 0 spiro atoms. The Morgan fingerprint density at radius 1 is 1.05 bits per heavy atom. The maximum absolute atomic E-state index is 12.3. The van der Waals surface area contributed by atoms with Crippen molar-refractivity contribution < 1.29 is 4.79 Å². The molecule has 1 aromatic carbocycles. The van der Waals surface area contributed by atoms with Crippen LogP contribution in [0, 0.1) is 0 Å². The maximum atomic E-state index is 12.3. The quantitative estimate of drug-likeness (QED) is 0.898. The molecule has 3 rings (SSSR count). The zero-order valence-corrected chi connectivity index (χ0v) is 13.3. The smallest absolute Gasteiger partial charge is 0.240 e. The number of hydrogen-bond donors (Lipinski definition) is 2. The molecule has 0 heterocycles. The molecule has 0 atom stereocenters. The van der Waals surface area contributed by atoms with Gasteiger partial charge in [-0.1, -0.05) is 49.6 Å². The van der Waals surface area contributed by atoms with Crippen molar-refractivity contribution in [1.29, 1.82) is 0 Å². The normalized spacial score (nSPS) is 22.0. The summed E-state index contributed by atoms with van der Waals surface area (Å²) in [5.74, 6) is 0.0530. The molecular weight excluding hydrogens is 284 g/mol. The Morgan fingerprint density at radius 3 is 2.19 bits per heavy atom. The average Bonchev–Trinajstić information content (AvgIpc) is 2.87. The average molecular weight is 309 g/mol. The van der Waals surface area contributed by atoms with Crippen molar-refractivity contribution in [3.05, 3.63) is 35.9 Å². The maximum Gasteiger partial charge on any atom is 0.240 e.